The van der Waals surface area contributed by atoms with Crippen molar-refractivity contribution < 1.29 is 14.3 Å². The first-order valence-corrected chi connectivity index (χ1v) is 6.16. The molecule has 0 aliphatic rings. The molecule has 0 aliphatic heterocycles. The molecule has 0 saturated carbocycles. The number of esters is 1. The summed E-state index contributed by atoms with van der Waals surface area (Å²) in [4.78, 5) is 22.9. The first-order chi connectivity index (χ1) is 8.43. The quantitative estimate of drug-likeness (QED) is 0.643. The Hall–Kier alpha value is -1.27. The number of hydrogen-bond acceptors (Lipinski definition) is 4. The predicted octanol–water partition coefficient (Wildman–Crippen LogP) is 2.13. The van der Waals surface area contributed by atoms with E-state index in [1.807, 2.05) is 0 Å². The fourth-order valence-corrected chi connectivity index (χ4v) is 1.81. The predicted molar refractivity (Wildman–Crippen MR) is 79.4 cm³/mol. The molecule has 1 amide bonds. The van der Waals surface area contributed by atoms with Crippen LogP contribution in [0.2, 0.25) is 0 Å². The molecule has 0 aromatic heterocycles. The summed E-state index contributed by atoms with van der Waals surface area (Å²) in [6.45, 7) is 1.73. The lowest BCUT2D eigenvalue weighted by Crippen LogP contribution is -2.34. The maximum atomic E-state index is 11.9. The van der Waals surface area contributed by atoms with Crippen LogP contribution < -0.4 is 11.1 Å². The summed E-state index contributed by atoms with van der Waals surface area (Å²) in [5.41, 5.74) is 6.51. The number of nitrogens with one attached hydrogen (secondary N) is 1. The summed E-state index contributed by atoms with van der Waals surface area (Å²) in [5.74, 6) is -0.678. The molecule has 1 rings (SSSR count). The third kappa shape index (κ3) is 5.48. The SMILES string of the molecule is COC(=O)CC(C)NC(=O)c1ccc(Br)cc1N.Cl. The molecule has 0 heterocycles. The number of amides is 1. The molecular weight excluding hydrogens is 336 g/mol. The van der Waals surface area contributed by atoms with Gasteiger partial charge in [0.1, 0.15) is 0 Å². The molecule has 1 atom stereocenters. The number of benzene rings is 1. The van der Waals surface area contributed by atoms with Crippen LogP contribution in [0.3, 0.4) is 0 Å². The van der Waals surface area contributed by atoms with Gasteiger partial charge in [-0.05, 0) is 25.1 Å². The summed E-state index contributed by atoms with van der Waals surface area (Å²) in [7, 11) is 1.31. The van der Waals surface area contributed by atoms with Gasteiger partial charge in [0, 0.05) is 16.2 Å². The zero-order valence-corrected chi connectivity index (χ0v) is 13.0. The average molecular weight is 352 g/mol. The Balaban J connectivity index is 0.00000324. The van der Waals surface area contributed by atoms with Gasteiger partial charge in [-0.3, -0.25) is 9.59 Å². The highest BCUT2D eigenvalue weighted by Gasteiger charge is 2.15. The Morgan fingerprint density at radius 1 is 1.47 bits per heavy atom. The lowest BCUT2D eigenvalue weighted by Gasteiger charge is -2.13. The van der Waals surface area contributed by atoms with E-state index in [1.54, 1.807) is 25.1 Å². The molecule has 0 spiro atoms. The number of carbonyl (C=O) groups is 2. The first-order valence-electron chi connectivity index (χ1n) is 5.36. The lowest BCUT2D eigenvalue weighted by atomic mass is 10.1. The number of rotatable bonds is 4. The number of nitrogens with two attached hydrogens (primary N) is 1. The molecule has 1 unspecified atom stereocenters. The van der Waals surface area contributed by atoms with Gasteiger partial charge in [0.15, 0.2) is 0 Å². The van der Waals surface area contributed by atoms with Crippen molar-refractivity contribution in [1.29, 1.82) is 0 Å². The van der Waals surface area contributed by atoms with E-state index < -0.39 is 0 Å². The number of ether oxygens (including phenoxy) is 1. The van der Waals surface area contributed by atoms with Crippen LogP contribution in [-0.4, -0.2) is 25.0 Å². The van der Waals surface area contributed by atoms with E-state index >= 15 is 0 Å². The zero-order chi connectivity index (χ0) is 13.7. The molecule has 1 aromatic rings. The Kier molecular flexibility index (Phi) is 7.48. The van der Waals surface area contributed by atoms with Gasteiger partial charge in [-0.2, -0.15) is 0 Å². The topological polar surface area (TPSA) is 81.4 Å². The van der Waals surface area contributed by atoms with Crippen molar-refractivity contribution in [2.75, 3.05) is 12.8 Å². The number of hydrogen-bond donors (Lipinski definition) is 2. The zero-order valence-electron chi connectivity index (χ0n) is 10.6. The van der Waals surface area contributed by atoms with Crippen molar-refractivity contribution in [3.05, 3.63) is 28.2 Å². The van der Waals surface area contributed by atoms with Crippen LogP contribution in [0.5, 0.6) is 0 Å². The molecule has 0 saturated heterocycles. The van der Waals surface area contributed by atoms with Gasteiger partial charge in [0.2, 0.25) is 0 Å². The monoisotopic (exact) mass is 350 g/mol. The van der Waals surface area contributed by atoms with Crippen molar-refractivity contribution >= 4 is 45.9 Å². The largest absolute Gasteiger partial charge is 0.469 e. The van der Waals surface area contributed by atoms with Crippen LogP contribution in [0.15, 0.2) is 22.7 Å². The Morgan fingerprint density at radius 2 is 2.11 bits per heavy atom. The van der Waals surface area contributed by atoms with Gasteiger partial charge in [0.25, 0.3) is 5.91 Å². The van der Waals surface area contributed by atoms with Crippen LogP contribution in [0.4, 0.5) is 5.69 Å². The molecule has 1 aromatic carbocycles. The van der Waals surface area contributed by atoms with Crippen LogP contribution in [0, 0.1) is 0 Å². The third-order valence-electron chi connectivity index (χ3n) is 2.34. The van der Waals surface area contributed by atoms with Gasteiger partial charge < -0.3 is 15.8 Å². The van der Waals surface area contributed by atoms with E-state index in [1.165, 1.54) is 7.11 Å². The molecule has 0 aliphatic carbocycles. The van der Waals surface area contributed by atoms with E-state index in [0.29, 0.717) is 11.3 Å². The number of anilines is 1. The molecular formula is C12H16BrClN2O3. The van der Waals surface area contributed by atoms with Crippen molar-refractivity contribution in [1.82, 2.24) is 5.32 Å². The highest BCUT2D eigenvalue weighted by molar-refractivity contribution is 9.10. The van der Waals surface area contributed by atoms with Gasteiger partial charge >= 0.3 is 5.97 Å². The second-order valence-electron chi connectivity index (χ2n) is 3.89. The van der Waals surface area contributed by atoms with E-state index in [9.17, 15) is 9.59 Å². The fourth-order valence-electron chi connectivity index (χ4n) is 1.43. The van der Waals surface area contributed by atoms with E-state index in [-0.39, 0.29) is 36.7 Å². The highest BCUT2D eigenvalue weighted by atomic mass is 79.9. The molecule has 0 bridgehead atoms. The van der Waals surface area contributed by atoms with Crippen molar-refractivity contribution in [3.8, 4) is 0 Å². The van der Waals surface area contributed by atoms with Crippen molar-refractivity contribution in [3.63, 3.8) is 0 Å². The van der Waals surface area contributed by atoms with Crippen molar-refractivity contribution in [2.45, 2.75) is 19.4 Å². The molecule has 5 nitrogen and oxygen atoms in total. The van der Waals surface area contributed by atoms with Crippen LogP contribution in [-0.2, 0) is 9.53 Å². The summed E-state index contributed by atoms with van der Waals surface area (Å²) >= 11 is 3.27. The minimum atomic E-state index is -0.369. The van der Waals surface area contributed by atoms with Crippen LogP contribution >= 0.6 is 28.3 Å². The maximum Gasteiger partial charge on any atom is 0.307 e. The Morgan fingerprint density at radius 3 is 2.63 bits per heavy atom. The summed E-state index contributed by atoms with van der Waals surface area (Å²) in [6.07, 6.45) is 0.124. The van der Waals surface area contributed by atoms with Crippen molar-refractivity contribution in [2.24, 2.45) is 0 Å². The maximum absolute atomic E-state index is 11.9. The second-order valence-corrected chi connectivity index (χ2v) is 4.80. The fraction of sp³-hybridized carbons (Fsp3) is 0.333. The Bertz CT molecular complexity index is 468. The van der Waals surface area contributed by atoms with Gasteiger partial charge in [-0.25, -0.2) is 0 Å². The van der Waals surface area contributed by atoms with Crippen LogP contribution in [0.1, 0.15) is 23.7 Å². The number of nitrogen functional groups attached to an aromatic ring is 1. The third-order valence-corrected chi connectivity index (χ3v) is 2.83. The molecule has 7 heteroatoms. The summed E-state index contributed by atoms with van der Waals surface area (Å²) < 4.78 is 5.33. The summed E-state index contributed by atoms with van der Waals surface area (Å²) in [5, 5.41) is 2.69. The van der Waals surface area contributed by atoms with Gasteiger partial charge in [0.05, 0.1) is 19.1 Å². The standard InChI is InChI=1S/C12H15BrN2O3.ClH/c1-7(5-11(16)18-2)15-12(17)9-4-3-8(13)6-10(9)14;/h3-4,6-7H,5,14H2,1-2H3,(H,15,17);1H. The Labute approximate surface area is 126 Å². The normalized spacial score (nSPS) is 11.1. The van der Waals surface area contributed by atoms with Gasteiger partial charge in [-0.15, -0.1) is 12.4 Å². The van der Waals surface area contributed by atoms with Crippen LogP contribution in [0.25, 0.3) is 0 Å². The number of carbonyl (C=O) groups excluding carboxylic acids is 2. The smallest absolute Gasteiger partial charge is 0.307 e. The van der Waals surface area contributed by atoms with E-state index in [0.717, 1.165) is 4.47 Å². The van der Waals surface area contributed by atoms with E-state index in [4.69, 9.17) is 5.73 Å². The minimum absolute atomic E-state index is 0. The second kappa shape index (κ2) is 8.01. The van der Waals surface area contributed by atoms with Gasteiger partial charge in [-0.1, -0.05) is 15.9 Å². The number of halogens is 2. The minimum Gasteiger partial charge on any atom is -0.469 e. The molecule has 19 heavy (non-hydrogen) atoms. The lowest BCUT2D eigenvalue weighted by molar-refractivity contribution is -0.141. The first kappa shape index (κ1) is 17.7. The molecule has 0 radical (unpaired) electrons. The average Bonchev–Trinajstić information content (AvgIpc) is 2.28. The molecule has 0 fully saturated rings. The number of methoxy groups -OCH3 is 1. The molecule has 3 N–H and O–H groups in total. The van der Waals surface area contributed by atoms with E-state index in [2.05, 4.69) is 26.0 Å². The summed E-state index contributed by atoms with van der Waals surface area (Å²) in [6, 6.07) is 4.70. The highest BCUT2D eigenvalue weighted by Crippen LogP contribution is 2.18. The molecule has 106 valence electrons.